The van der Waals surface area contributed by atoms with Crippen LogP contribution in [0.4, 0.5) is 0 Å². The van der Waals surface area contributed by atoms with Crippen LogP contribution in [-0.4, -0.2) is 0 Å². The summed E-state index contributed by atoms with van der Waals surface area (Å²) in [6, 6.07) is 28.2. The van der Waals surface area contributed by atoms with Gasteiger partial charge in [0.2, 0.25) is 0 Å². The van der Waals surface area contributed by atoms with Crippen molar-refractivity contribution in [2.75, 3.05) is 0 Å². The smallest absolute Gasteiger partial charge is 0.119 e. The van der Waals surface area contributed by atoms with Crippen LogP contribution in [0.1, 0.15) is 22.1 Å². The maximum atomic E-state index is 6.52. The SMILES string of the molecule is ClC(c1ccccc1)c1ccc(OCc2ccccc2)cc1. The minimum Gasteiger partial charge on any atom is -0.489 e. The van der Waals surface area contributed by atoms with Crippen molar-refractivity contribution in [1.29, 1.82) is 0 Å². The van der Waals surface area contributed by atoms with Crippen molar-refractivity contribution in [3.63, 3.8) is 0 Å². The molecule has 0 saturated carbocycles. The number of benzene rings is 3. The number of rotatable bonds is 5. The summed E-state index contributed by atoms with van der Waals surface area (Å²) in [5.74, 6) is 0.851. The number of alkyl halides is 1. The second-order valence-electron chi connectivity index (χ2n) is 5.12. The molecule has 110 valence electrons. The van der Waals surface area contributed by atoms with Crippen LogP contribution < -0.4 is 4.74 Å². The molecule has 1 unspecified atom stereocenters. The van der Waals surface area contributed by atoms with Gasteiger partial charge in [-0.1, -0.05) is 72.8 Å². The summed E-state index contributed by atoms with van der Waals surface area (Å²) in [6.07, 6.45) is 0. The summed E-state index contributed by atoms with van der Waals surface area (Å²) >= 11 is 6.52. The monoisotopic (exact) mass is 308 g/mol. The lowest BCUT2D eigenvalue weighted by atomic mass is 10.0. The molecule has 0 radical (unpaired) electrons. The molecule has 3 aromatic carbocycles. The summed E-state index contributed by atoms with van der Waals surface area (Å²) < 4.78 is 5.79. The first-order valence-corrected chi connectivity index (χ1v) is 7.72. The van der Waals surface area contributed by atoms with Crippen molar-refractivity contribution in [1.82, 2.24) is 0 Å². The molecule has 0 aromatic heterocycles. The lowest BCUT2D eigenvalue weighted by Crippen LogP contribution is -1.96. The van der Waals surface area contributed by atoms with Gasteiger partial charge in [-0.15, -0.1) is 11.6 Å². The molecular weight excluding hydrogens is 292 g/mol. The minimum atomic E-state index is -0.135. The Morgan fingerprint density at radius 3 is 1.86 bits per heavy atom. The van der Waals surface area contributed by atoms with Gasteiger partial charge in [-0.2, -0.15) is 0 Å². The highest BCUT2D eigenvalue weighted by atomic mass is 35.5. The molecule has 0 spiro atoms. The summed E-state index contributed by atoms with van der Waals surface area (Å²) in [7, 11) is 0. The Morgan fingerprint density at radius 2 is 1.23 bits per heavy atom. The van der Waals surface area contributed by atoms with Gasteiger partial charge in [0.25, 0.3) is 0 Å². The van der Waals surface area contributed by atoms with Crippen molar-refractivity contribution in [2.45, 2.75) is 12.0 Å². The molecule has 0 N–H and O–H groups in total. The van der Waals surface area contributed by atoms with Gasteiger partial charge in [0.05, 0.1) is 5.38 Å². The van der Waals surface area contributed by atoms with Crippen LogP contribution in [0.15, 0.2) is 84.9 Å². The van der Waals surface area contributed by atoms with Gasteiger partial charge >= 0.3 is 0 Å². The van der Waals surface area contributed by atoms with Crippen LogP contribution in [-0.2, 0) is 6.61 Å². The zero-order valence-electron chi connectivity index (χ0n) is 12.2. The molecule has 0 fully saturated rings. The van der Waals surface area contributed by atoms with Crippen molar-refractivity contribution in [3.05, 3.63) is 102 Å². The Kier molecular flexibility index (Phi) is 4.77. The van der Waals surface area contributed by atoms with E-state index in [-0.39, 0.29) is 5.38 Å². The molecule has 0 aliphatic carbocycles. The molecule has 22 heavy (non-hydrogen) atoms. The van der Waals surface area contributed by atoms with Crippen LogP contribution in [0, 0.1) is 0 Å². The average Bonchev–Trinajstić information content (AvgIpc) is 2.61. The Hall–Kier alpha value is -2.25. The lowest BCUT2D eigenvalue weighted by molar-refractivity contribution is 0.306. The highest BCUT2D eigenvalue weighted by Crippen LogP contribution is 2.29. The molecule has 1 atom stereocenters. The fraction of sp³-hybridized carbons (Fsp3) is 0.100. The lowest BCUT2D eigenvalue weighted by Gasteiger charge is -2.11. The molecular formula is C20H17ClO. The van der Waals surface area contributed by atoms with Crippen LogP contribution in [0.2, 0.25) is 0 Å². The Bertz CT molecular complexity index is 693. The number of ether oxygens (including phenoxy) is 1. The molecule has 0 aliphatic rings. The minimum absolute atomic E-state index is 0.135. The second kappa shape index (κ2) is 7.15. The van der Waals surface area contributed by atoms with E-state index in [1.165, 1.54) is 0 Å². The largest absolute Gasteiger partial charge is 0.489 e. The molecule has 3 rings (SSSR count). The van der Waals surface area contributed by atoms with Crippen LogP contribution in [0.3, 0.4) is 0 Å². The van der Waals surface area contributed by atoms with E-state index in [4.69, 9.17) is 16.3 Å². The van der Waals surface area contributed by atoms with E-state index in [1.54, 1.807) is 0 Å². The quantitative estimate of drug-likeness (QED) is 0.558. The number of hydrogen-bond acceptors (Lipinski definition) is 1. The molecule has 0 saturated heterocycles. The third-order valence-electron chi connectivity index (χ3n) is 3.51. The van der Waals surface area contributed by atoms with Crippen LogP contribution in [0.5, 0.6) is 5.75 Å². The van der Waals surface area contributed by atoms with Crippen molar-refractivity contribution >= 4 is 11.6 Å². The first-order chi connectivity index (χ1) is 10.8. The van der Waals surface area contributed by atoms with E-state index in [0.29, 0.717) is 6.61 Å². The van der Waals surface area contributed by atoms with Gasteiger partial charge in [-0.25, -0.2) is 0 Å². The van der Waals surface area contributed by atoms with Crippen molar-refractivity contribution in [2.24, 2.45) is 0 Å². The van der Waals surface area contributed by atoms with Crippen LogP contribution in [0.25, 0.3) is 0 Å². The third kappa shape index (κ3) is 3.69. The number of halogens is 1. The Balaban J connectivity index is 1.65. The fourth-order valence-electron chi connectivity index (χ4n) is 2.29. The standard InChI is InChI=1S/C20H17ClO/c21-20(17-9-5-2-6-10-17)18-11-13-19(14-12-18)22-15-16-7-3-1-4-8-16/h1-14,20H,15H2. The molecule has 0 aliphatic heterocycles. The predicted octanol–water partition coefficient (Wildman–Crippen LogP) is 5.59. The fourth-order valence-corrected chi connectivity index (χ4v) is 2.58. The zero-order valence-corrected chi connectivity index (χ0v) is 12.9. The summed E-state index contributed by atoms with van der Waals surface area (Å²) in [5.41, 5.74) is 3.33. The van der Waals surface area contributed by atoms with Gasteiger partial charge in [0.1, 0.15) is 12.4 Å². The molecule has 0 bridgehead atoms. The first kappa shape index (κ1) is 14.7. The van der Waals surface area contributed by atoms with E-state index < -0.39 is 0 Å². The summed E-state index contributed by atoms with van der Waals surface area (Å²) in [5, 5.41) is -0.135. The topological polar surface area (TPSA) is 9.23 Å². The van der Waals surface area contributed by atoms with E-state index in [0.717, 1.165) is 22.4 Å². The average molecular weight is 309 g/mol. The van der Waals surface area contributed by atoms with E-state index in [1.807, 2.05) is 72.8 Å². The van der Waals surface area contributed by atoms with Gasteiger partial charge in [-0.3, -0.25) is 0 Å². The Morgan fingerprint density at radius 1 is 0.682 bits per heavy atom. The predicted molar refractivity (Wildman–Crippen MR) is 91.4 cm³/mol. The van der Waals surface area contributed by atoms with E-state index in [2.05, 4.69) is 12.1 Å². The number of hydrogen-bond donors (Lipinski definition) is 0. The molecule has 2 heteroatoms. The van der Waals surface area contributed by atoms with Crippen LogP contribution >= 0.6 is 11.6 Å². The second-order valence-corrected chi connectivity index (χ2v) is 5.55. The highest BCUT2D eigenvalue weighted by molar-refractivity contribution is 6.22. The molecule has 3 aromatic rings. The highest BCUT2D eigenvalue weighted by Gasteiger charge is 2.10. The molecule has 0 amide bonds. The first-order valence-electron chi connectivity index (χ1n) is 7.28. The van der Waals surface area contributed by atoms with Gasteiger partial charge in [0, 0.05) is 0 Å². The summed E-state index contributed by atoms with van der Waals surface area (Å²) in [6.45, 7) is 0.573. The molecule has 1 nitrogen and oxygen atoms in total. The summed E-state index contributed by atoms with van der Waals surface area (Å²) in [4.78, 5) is 0. The Labute approximate surface area is 136 Å². The maximum Gasteiger partial charge on any atom is 0.119 e. The van der Waals surface area contributed by atoms with E-state index in [9.17, 15) is 0 Å². The van der Waals surface area contributed by atoms with Gasteiger partial charge in [-0.05, 0) is 28.8 Å². The van der Waals surface area contributed by atoms with Crippen molar-refractivity contribution in [3.8, 4) is 5.75 Å². The van der Waals surface area contributed by atoms with Gasteiger partial charge < -0.3 is 4.74 Å². The molecule has 0 heterocycles. The van der Waals surface area contributed by atoms with Gasteiger partial charge in [0.15, 0.2) is 0 Å². The van der Waals surface area contributed by atoms with Crippen molar-refractivity contribution < 1.29 is 4.74 Å². The normalized spacial score (nSPS) is 11.9. The zero-order chi connectivity index (χ0) is 15.2. The third-order valence-corrected chi connectivity index (χ3v) is 4.02. The maximum absolute atomic E-state index is 6.52. The van der Waals surface area contributed by atoms with E-state index >= 15 is 0 Å².